The second-order valence-corrected chi connectivity index (χ2v) is 4.17. The van der Waals surface area contributed by atoms with Crippen molar-refractivity contribution in [1.82, 2.24) is 9.97 Å². The van der Waals surface area contributed by atoms with Crippen molar-refractivity contribution in [2.24, 2.45) is 0 Å². The van der Waals surface area contributed by atoms with Crippen molar-refractivity contribution in [3.05, 3.63) is 22.2 Å². The third kappa shape index (κ3) is 3.05. The van der Waals surface area contributed by atoms with Crippen LogP contribution >= 0.6 is 0 Å². The van der Waals surface area contributed by atoms with Gasteiger partial charge in [-0.2, -0.15) is 0 Å². The van der Waals surface area contributed by atoms with Gasteiger partial charge in [0.1, 0.15) is 18.1 Å². The molecule has 0 spiro atoms. The minimum atomic E-state index is -0.996. The summed E-state index contributed by atoms with van der Waals surface area (Å²) in [5.41, 5.74) is -0.295. The molecule has 2 N–H and O–H groups in total. The molecule has 0 aliphatic carbocycles. The lowest BCUT2D eigenvalue weighted by molar-refractivity contribution is -0.136. The lowest BCUT2D eigenvalue weighted by Gasteiger charge is -2.27. The van der Waals surface area contributed by atoms with E-state index in [2.05, 4.69) is 9.97 Å². The number of piperidine rings is 1. The van der Waals surface area contributed by atoms with Crippen molar-refractivity contribution in [3.8, 4) is 0 Å². The van der Waals surface area contributed by atoms with E-state index in [1.165, 1.54) is 12.5 Å². The first kappa shape index (κ1) is 11.6. The van der Waals surface area contributed by atoms with Crippen LogP contribution in [0.3, 0.4) is 0 Å². The number of carbonyl (C=O) groups is 1. The van der Waals surface area contributed by atoms with Gasteiger partial charge >= 0.3 is 5.97 Å². The van der Waals surface area contributed by atoms with Gasteiger partial charge in [0, 0.05) is 19.2 Å². The molecule has 1 aromatic rings. The van der Waals surface area contributed by atoms with Crippen molar-refractivity contribution >= 4 is 11.8 Å². The summed E-state index contributed by atoms with van der Waals surface area (Å²) < 4.78 is 0. The van der Waals surface area contributed by atoms with Crippen molar-refractivity contribution < 1.29 is 9.90 Å². The highest BCUT2D eigenvalue weighted by Gasteiger charge is 2.14. The Morgan fingerprint density at radius 1 is 1.41 bits per heavy atom. The van der Waals surface area contributed by atoms with E-state index in [9.17, 15) is 9.59 Å². The van der Waals surface area contributed by atoms with E-state index in [-0.39, 0.29) is 17.8 Å². The second-order valence-electron chi connectivity index (χ2n) is 4.17. The van der Waals surface area contributed by atoms with E-state index < -0.39 is 5.97 Å². The number of aromatic amines is 1. The Hall–Kier alpha value is -1.85. The molecule has 0 bridgehead atoms. The fourth-order valence-electron chi connectivity index (χ4n) is 2.01. The van der Waals surface area contributed by atoms with Crippen LogP contribution in [0, 0.1) is 0 Å². The Bertz CT molecular complexity index is 463. The summed E-state index contributed by atoms with van der Waals surface area (Å²) in [5, 5.41) is 8.68. The maximum Gasteiger partial charge on any atom is 0.311 e. The van der Waals surface area contributed by atoms with Gasteiger partial charge in [-0.3, -0.25) is 9.59 Å². The molecule has 1 aliphatic heterocycles. The summed E-state index contributed by atoms with van der Waals surface area (Å²) in [6, 6.07) is 1.43. The normalized spacial score (nSPS) is 15.9. The van der Waals surface area contributed by atoms with Crippen LogP contribution in [0.25, 0.3) is 0 Å². The number of hydrogen-bond donors (Lipinski definition) is 2. The van der Waals surface area contributed by atoms with Crippen LogP contribution in [0.5, 0.6) is 0 Å². The van der Waals surface area contributed by atoms with Crippen molar-refractivity contribution in [2.45, 2.75) is 25.7 Å². The SMILES string of the molecule is O=C(O)Cc1nc(N2CCCCC2)cc(=O)[nH]1. The molecule has 1 aliphatic rings. The molecule has 1 fully saturated rings. The maximum absolute atomic E-state index is 11.4. The van der Waals surface area contributed by atoms with Crippen LogP contribution in [0.15, 0.2) is 10.9 Å². The van der Waals surface area contributed by atoms with Gasteiger partial charge in [-0.15, -0.1) is 0 Å². The zero-order valence-corrected chi connectivity index (χ0v) is 9.48. The summed E-state index contributed by atoms with van der Waals surface area (Å²) in [4.78, 5) is 30.7. The Labute approximate surface area is 98.3 Å². The molecule has 0 saturated carbocycles. The van der Waals surface area contributed by atoms with E-state index >= 15 is 0 Å². The molecule has 1 aromatic heterocycles. The van der Waals surface area contributed by atoms with Crippen LogP contribution in [0.4, 0.5) is 5.82 Å². The van der Waals surface area contributed by atoms with Crippen molar-refractivity contribution in [3.63, 3.8) is 0 Å². The molecule has 2 rings (SSSR count). The fraction of sp³-hybridized carbons (Fsp3) is 0.545. The van der Waals surface area contributed by atoms with Gasteiger partial charge in [-0.1, -0.05) is 0 Å². The van der Waals surface area contributed by atoms with Gasteiger partial charge in [0.25, 0.3) is 5.56 Å². The molecule has 0 aromatic carbocycles. The van der Waals surface area contributed by atoms with E-state index in [1.807, 2.05) is 4.90 Å². The van der Waals surface area contributed by atoms with Gasteiger partial charge in [-0.25, -0.2) is 4.98 Å². The molecule has 2 heterocycles. The van der Waals surface area contributed by atoms with Crippen LogP contribution in [0.1, 0.15) is 25.1 Å². The minimum absolute atomic E-state index is 0.213. The molecule has 6 nitrogen and oxygen atoms in total. The molecule has 0 atom stereocenters. The van der Waals surface area contributed by atoms with E-state index in [4.69, 9.17) is 5.11 Å². The van der Waals surface area contributed by atoms with E-state index in [0.29, 0.717) is 5.82 Å². The highest BCUT2D eigenvalue weighted by Crippen LogP contribution is 2.15. The van der Waals surface area contributed by atoms with Crippen LogP contribution in [-0.2, 0) is 11.2 Å². The quantitative estimate of drug-likeness (QED) is 0.794. The van der Waals surface area contributed by atoms with E-state index in [0.717, 1.165) is 25.9 Å². The van der Waals surface area contributed by atoms with Gasteiger partial charge in [-0.05, 0) is 19.3 Å². The first-order chi connectivity index (χ1) is 8.15. The van der Waals surface area contributed by atoms with Crippen LogP contribution < -0.4 is 10.5 Å². The Kier molecular flexibility index (Phi) is 3.41. The second kappa shape index (κ2) is 4.99. The zero-order chi connectivity index (χ0) is 12.3. The monoisotopic (exact) mass is 237 g/mol. The Balaban J connectivity index is 2.24. The summed E-state index contributed by atoms with van der Waals surface area (Å²) in [6.07, 6.45) is 3.12. The molecular formula is C11H15N3O3. The third-order valence-corrected chi connectivity index (χ3v) is 2.78. The number of nitrogens with zero attached hydrogens (tertiary/aromatic N) is 2. The maximum atomic E-state index is 11.4. The van der Waals surface area contributed by atoms with E-state index in [1.54, 1.807) is 0 Å². The molecular weight excluding hydrogens is 222 g/mol. The van der Waals surface area contributed by atoms with Gasteiger partial charge in [0.15, 0.2) is 0 Å². The number of aromatic nitrogens is 2. The average Bonchev–Trinajstić information content (AvgIpc) is 2.28. The largest absolute Gasteiger partial charge is 0.481 e. The van der Waals surface area contributed by atoms with Gasteiger partial charge in [0.05, 0.1) is 0 Å². The number of carboxylic acid groups (broad SMARTS) is 1. The fourth-order valence-corrected chi connectivity index (χ4v) is 2.01. The number of carboxylic acids is 1. The Morgan fingerprint density at radius 2 is 2.12 bits per heavy atom. The number of rotatable bonds is 3. The number of aliphatic carboxylic acids is 1. The number of H-pyrrole nitrogens is 1. The smallest absolute Gasteiger partial charge is 0.311 e. The molecule has 92 valence electrons. The standard InChI is InChI=1S/C11H15N3O3/c15-10-7-9(14-4-2-1-3-5-14)12-8(13-10)6-11(16)17/h7H,1-6H2,(H,16,17)(H,12,13,15). The summed E-state index contributed by atoms with van der Waals surface area (Å²) in [7, 11) is 0. The predicted octanol–water partition coefficient (Wildman–Crippen LogP) is 0.387. The molecule has 0 radical (unpaired) electrons. The average molecular weight is 237 g/mol. The molecule has 17 heavy (non-hydrogen) atoms. The van der Waals surface area contributed by atoms with Gasteiger partial charge < -0.3 is 15.0 Å². The number of anilines is 1. The van der Waals surface area contributed by atoms with Crippen LogP contribution in [-0.4, -0.2) is 34.1 Å². The summed E-state index contributed by atoms with van der Waals surface area (Å²) in [6.45, 7) is 1.76. The lowest BCUT2D eigenvalue weighted by Crippen LogP contribution is -2.32. The zero-order valence-electron chi connectivity index (χ0n) is 9.48. The van der Waals surface area contributed by atoms with Crippen molar-refractivity contribution in [1.29, 1.82) is 0 Å². The van der Waals surface area contributed by atoms with Crippen LogP contribution in [0.2, 0.25) is 0 Å². The Morgan fingerprint density at radius 3 is 2.76 bits per heavy atom. The van der Waals surface area contributed by atoms with Gasteiger partial charge in [0.2, 0.25) is 0 Å². The van der Waals surface area contributed by atoms with Crippen molar-refractivity contribution in [2.75, 3.05) is 18.0 Å². The number of hydrogen-bond acceptors (Lipinski definition) is 4. The highest BCUT2D eigenvalue weighted by molar-refractivity contribution is 5.69. The molecule has 0 unspecified atom stereocenters. The number of nitrogens with one attached hydrogen (secondary N) is 1. The minimum Gasteiger partial charge on any atom is -0.481 e. The first-order valence-electron chi connectivity index (χ1n) is 5.72. The molecule has 0 amide bonds. The summed E-state index contributed by atoms with van der Waals surface area (Å²) in [5.74, 6) is -0.195. The predicted molar refractivity (Wildman–Crippen MR) is 62.3 cm³/mol. The highest BCUT2D eigenvalue weighted by atomic mass is 16.4. The lowest BCUT2D eigenvalue weighted by atomic mass is 10.1. The topological polar surface area (TPSA) is 86.3 Å². The molecule has 6 heteroatoms. The third-order valence-electron chi connectivity index (χ3n) is 2.78. The summed E-state index contributed by atoms with van der Waals surface area (Å²) >= 11 is 0. The first-order valence-corrected chi connectivity index (χ1v) is 5.72. The molecule has 1 saturated heterocycles.